The van der Waals surface area contributed by atoms with Crippen LogP contribution >= 0.6 is 0 Å². The van der Waals surface area contributed by atoms with Crippen LogP contribution in [0.5, 0.6) is 0 Å². The zero-order chi connectivity index (χ0) is 10.3. The molecule has 0 rings (SSSR count). The van der Waals surface area contributed by atoms with Gasteiger partial charge in [0.1, 0.15) is 0 Å². The van der Waals surface area contributed by atoms with Crippen molar-refractivity contribution >= 4 is 0 Å². The smallest absolute Gasteiger partial charge is 0.0462 e. The molecular weight excluding hydrogens is 162 g/mol. The van der Waals surface area contributed by atoms with E-state index in [4.69, 9.17) is 4.74 Å². The molecule has 2 nitrogen and oxygen atoms in total. The molecule has 0 aromatic rings. The highest BCUT2D eigenvalue weighted by Crippen LogP contribution is 2.06. The van der Waals surface area contributed by atoms with Crippen LogP contribution in [-0.2, 0) is 4.74 Å². The SMILES string of the molecule is COCCCC(C)CNC(C)(C)C. The van der Waals surface area contributed by atoms with E-state index < -0.39 is 0 Å². The van der Waals surface area contributed by atoms with Gasteiger partial charge in [-0.1, -0.05) is 6.92 Å². The Balaban J connectivity index is 3.35. The monoisotopic (exact) mass is 187 g/mol. The number of hydrogen-bond donors (Lipinski definition) is 1. The van der Waals surface area contributed by atoms with Crippen molar-refractivity contribution in [1.82, 2.24) is 5.32 Å². The quantitative estimate of drug-likeness (QED) is 0.645. The second-order valence-corrected chi connectivity index (χ2v) is 4.87. The van der Waals surface area contributed by atoms with Crippen LogP contribution in [0.15, 0.2) is 0 Å². The molecule has 1 unspecified atom stereocenters. The Morgan fingerprint density at radius 1 is 1.31 bits per heavy atom. The van der Waals surface area contributed by atoms with E-state index in [1.807, 2.05) is 0 Å². The number of hydrogen-bond acceptors (Lipinski definition) is 2. The van der Waals surface area contributed by atoms with Gasteiger partial charge >= 0.3 is 0 Å². The third-order valence-corrected chi connectivity index (χ3v) is 2.03. The minimum Gasteiger partial charge on any atom is -0.385 e. The standard InChI is InChI=1S/C11H25NO/c1-10(7-6-8-13-5)9-12-11(2,3)4/h10,12H,6-9H2,1-5H3. The molecule has 0 fully saturated rings. The summed E-state index contributed by atoms with van der Waals surface area (Å²) in [6.45, 7) is 10.9. The van der Waals surface area contributed by atoms with Gasteiger partial charge in [-0.3, -0.25) is 0 Å². The van der Waals surface area contributed by atoms with Crippen molar-refractivity contribution in [3.8, 4) is 0 Å². The van der Waals surface area contributed by atoms with Gasteiger partial charge in [0.15, 0.2) is 0 Å². The van der Waals surface area contributed by atoms with Crippen molar-refractivity contribution in [2.75, 3.05) is 20.3 Å². The first kappa shape index (κ1) is 12.9. The molecule has 1 atom stereocenters. The summed E-state index contributed by atoms with van der Waals surface area (Å²) in [7, 11) is 1.76. The Bertz CT molecular complexity index is 118. The highest BCUT2D eigenvalue weighted by Gasteiger charge is 2.10. The maximum Gasteiger partial charge on any atom is 0.0462 e. The number of rotatable bonds is 6. The summed E-state index contributed by atoms with van der Waals surface area (Å²) >= 11 is 0. The lowest BCUT2D eigenvalue weighted by atomic mass is 10.0. The van der Waals surface area contributed by atoms with Gasteiger partial charge in [0.05, 0.1) is 0 Å². The predicted molar refractivity (Wildman–Crippen MR) is 58.0 cm³/mol. The largest absolute Gasteiger partial charge is 0.385 e. The second kappa shape index (κ2) is 6.39. The van der Waals surface area contributed by atoms with E-state index in [1.54, 1.807) is 7.11 Å². The Morgan fingerprint density at radius 2 is 1.92 bits per heavy atom. The first-order chi connectivity index (χ1) is 5.95. The first-order valence-corrected chi connectivity index (χ1v) is 5.19. The molecule has 0 aromatic carbocycles. The van der Waals surface area contributed by atoms with Crippen LogP contribution in [0.4, 0.5) is 0 Å². The van der Waals surface area contributed by atoms with Crippen LogP contribution in [0.3, 0.4) is 0 Å². The number of nitrogens with one attached hydrogen (secondary N) is 1. The number of methoxy groups -OCH3 is 1. The average molecular weight is 187 g/mol. The van der Waals surface area contributed by atoms with E-state index in [2.05, 4.69) is 33.0 Å². The van der Waals surface area contributed by atoms with E-state index >= 15 is 0 Å². The van der Waals surface area contributed by atoms with E-state index in [0.29, 0.717) is 0 Å². The molecule has 0 amide bonds. The van der Waals surface area contributed by atoms with Crippen LogP contribution in [0.1, 0.15) is 40.5 Å². The normalized spacial score (nSPS) is 14.5. The lowest BCUT2D eigenvalue weighted by Gasteiger charge is -2.23. The fourth-order valence-electron chi connectivity index (χ4n) is 1.16. The third kappa shape index (κ3) is 9.84. The minimum absolute atomic E-state index is 0.246. The van der Waals surface area contributed by atoms with Crippen LogP contribution < -0.4 is 5.32 Å². The highest BCUT2D eigenvalue weighted by molar-refractivity contribution is 4.71. The predicted octanol–water partition coefficient (Wildman–Crippen LogP) is 2.44. The summed E-state index contributed by atoms with van der Waals surface area (Å²) in [6.07, 6.45) is 2.42. The molecule has 0 bridgehead atoms. The van der Waals surface area contributed by atoms with Gasteiger partial charge in [-0.25, -0.2) is 0 Å². The Morgan fingerprint density at radius 3 is 2.38 bits per heavy atom. The van der Waals surface area contributed by atoms with Crippen molar-refractivity contribution in [3.63, 3.8) is 0 Å². The van der Waals surface area contributed by atoms with Gasteiger partial charge in [-0.15, -0.1) is 0 Å². The Hall–Kier alpha value is -0.0800. The van der Waals surface area contributed by atoms with E-state index in [-0.39, 0.29) is 5.54 Å². The molecule has 13 heavy (non-hydrogen) atoms. The summed E-state index contributed by atoms with van der Waals surface area (Å²) in [5, 5.41) is 3.51. The summed E-state index contributed by atoms with van der Waals surface area (Å²) in [5.74, 6) is 0.745. The van der Waals surface area contributed by atoms with Crippen molar-refractivity contribution in [2.24, 2.45) is 5.92 Å². The maximum atomic E-state index is 5.02. The maximum absolute atomic E-state index is 5.02. The molecular formula is C11H25NO. The van der Waals surface area contributed by atoms with Crippen LogP contribution in [0.25, 0.3) is 0 Å². The topological polar surface area (TPSA) is 21.3 Å². The highest BCUT2D eigenvalue weighted by atomic mass is 16.5. The molecule has 0 aromatic heterocycles. The minimum atomic E-state index is 0.246. The zero-order valence-electron chi connectivity index (χ0n) is 9.81. The zero-order valence-corrected chi connectivity index (χ0v) is 9.81. The fourth-order valence-corrected chi connectivity index (χ4v) is 1.16. The first-order valence-electron chi connectivity index (χ1n) is 5.19. The molecule has 0 aliphatic heterocycles. The molecule has 0 saturated heterocycles. The molecule has 0 aliphatic carbocycles. The summed E-state index contributed by atoms with van der Waals surface area (Å²) in [5.41, 5.74) is 0.246. The molecule has 0 heterocycles. The van der Waals surface area contributed by atoms with Crippen molar-refractivity contribution in [2.45, 2.75) is 46.1 Å². The average Bonchev–Trinajstić information content (AvgIpc) is 2.00. The van der Waals surface area contributed by atoms with Gasteiger partial charge in [0.25, 0.3) is 0 Å². The molecule has 0 saturated carbocycles. The molecule has 80 valence electrons. The summed E-state index contributed by atoms with van der Waals surface area (Å²) in [4.78, 5) is 0. The van der Waals surface area contributed by atoms with Gasteiger partial charge in [-0.05, 0) is 46.1 Å². The lowest BCUT2D eigenvalue weighted by Crippen LogP contribution is -2.38. The summed E-state index contributed by atoms with van der Waals surface area (Å²) < 4.78 is 5.02. The van der Waals surface area contributed by atoms with Crippen LogP contribution in [0, 0.1) is 5.92 Å². The van der Waals surface area contributed by atoms with Crippen molar-refractivity contribution in [1.29, 1.82) is 0 Å². The molecule has 1 N–H and O–H groups in total. The van der Waals surface area contributed by atoms with Crippen LogP contribution in [0.2, 0.25) is 0 Å². The third-order valence-electron chi connectivity index (χ3n) is 2.03. The molecule has 0 radical (unpaired) electrons. The van der Waals surface area contributed by atoms with Gasteiger partial charge in [-0.2, -0.15) is 0 Å². The van der Waals surface area contributed by atoms with Gasteiger partial charge in [0, 0.05) is 19.3 Å². The Kier molecular flexibility index (Phi) is 6.35. The van der Waals surface area contributed by atoms with Gasteiger partial charge < -0.3 is 10.1 Å². The number of ether oxygens (including phenoxy) is 1. The van der Waals surface area contributed by atoms with E-state index in [1.165, 1.54) is 12.8 Å². The van der Waals surface area contributed by atoms with E-state index in [9.17, 15) is 0 Å². The van der Waals surface area contributed by atoms with E-state index in [0.717, 1.165) is 19.1 Å². The molecule has 0 spiro atoms. The Labute approximate surface area is 83.1 Å². The lowest BCUT2D eigenvalue weighted by molar-refractivity contribution is 0.186. The fraction of sp³-hybridized carbons (Fsp3) is 1.00. The van der Waals surface area contributed by atoms with Crippen molar-refractivity contribution in [3.05, 3.63) is 0 Å². The molecule has 2 heteroatoms. The van der Waals surface area contributed by atoms with Crippen LogP contribution in [-0.4, -0.2) is 25.8 Å². The molecule has 0 aliphatic rings. The van der Waals surface area contributed by atoms with Gasteiger partial charge in [0.2, 0.25) is 0 Å². The summed E-state index contributed by atoms with van der Waals surface area (Å²) in [6, 6.07) is 0. The van der Waals surface area contributed by atoms with Crippen molar-refractivity contribution < 1.29 is 4.74 Å². The second-order valence-electron chi connectivity index (χ2n) is 4.87.